The summed E-state index contributed by atoms with van der Waals surface area (Å²) in [6, 6.07) is 0.339. The predicted molar refractivity (Wildman–Crippen MR) is 62.6 cm³/mol. The van der Waals surface area contributed by atoms with Crippen LogP contribution in [0.2, 0.25) is 0 Å². The van der Waals surface area contributed by atoms with E-state index in [1.807, 2.05) is 11.8 Å². The zero-order chi connectivity index (χ0) is 12.5. The van der Waals surface area contributed by atoms with Crippen molar-refractivity contribution in [3.05, 3.63) is 0 Å². The standard InChI is InChI=1S/C12H20N2O3/c1-2-12(11(16)17)6-3-7-14(12)8-10(15)13-9-4-5-9/h9H,2-8H2,1H3,(H,13,15)(H,16,17). The molecule has 1 aliphatic carbocycles. The second-order valence-corrected chi connectivity index (χ2v) is 5.06. The summed E-state index contributed by atoms with van der Waals surface area (Å²) in [7, 11) is 0. The van der Waals surface area contributed by atoms with Gasteiger partial charge in [-0.1, -0.05) is 6.92 Å². The summed E-state index contributed by atoms with van der Waals surface area (Å²) < 4.78 is 0. The Balaban J connectivity index is 1.97. The van der Waals surface area contributed by atoms with Gasteiger partial charge in [0.1, 0.15) is 5.54 Å². The molecule has 96 valence electrons. The average Bonchev–Trinajstić information content (AvgIpc) is 2.97. The highest BCUT2D eigenvalue weighted by Gasteiger charge is 2.46. The number of likely N-dealkylation sites (tertiary alicyclic amines) is 1. The van der Waals surface area contributed by atoms with Crippen molar-refractivity contribution in [1.82, 2.24) is 10.2 Å². The Morgan fingerprint density at radius 3 is 2.71 bits per heavy atom. The minimum absolute atomic E-state index is 0.0338. The molecule has 2 rings (SSSR count). The molecule has 2 aliphatic rings. The van der Waals surface area contributed by atoms with Crippen LogP contribution < -0.4 is 5.32 Å². The van der Waals surface area contributed by atoms with E-state index in [0.717, 1.165) is 19.3 Å². The van der Waals surface area contributed by atoms with E-state index in [1.54, 1.807) is 0 Å². The van der Waals surface area contributed by atoms with Gasteiger partial charge < -0.3 is 10.4 Å². The number of carbonyl (C=O) groups excluding carboxylic acids is 1. The van der Waals surface area contributed by atoms with Gasteiger partial charge in [0, 0.05) is 6.04 Å². The van der Waals surface area contributed by atoms with Gasteiger partial charge in [0.15, 0.2) is 0 Å². The Morgan fingerprint density at radius 1 is 1.47 bits per heavy atom. The van der Waals surface area contributed by atoms with Crippen LogP contribution in [0.4, 0.5) is 0 Å². The highest BCUT2D eigenvalue weighted by molar-refractivity contribution is 5.82. The maximum Gasteiger partial charge on any atom is 0.324 e. The van der Waals surface area contributed by atoms with Crippen molar-refractivity contribution in [2.45, 2.75) is 50.6 Å². The molecule has 1 atom stereocenters. The molecule has 1 saturated heterocycles. The van der Waals surface area contributed by atoms with Crippen molar-refractivity contribution in [2.75, 3.05) is 13.1 Å². The molecule has 2 fully saturated rings. The molecule has 0 aromatic heterocycles. The normalized spacial score (nSPS) is 29.2. The van der Waals surface area contributed by atoms with Crippen LogP contribution in [0.3, 0.4) is 0 Å². The maximum atomic E-state index is 11.7. The van der Waals surface area contributed by atoms with Crippen LogP contribution in [-0.2, 0) is 9.59 Å². The Morgan fingerprint density at radius 2 is 2.18 bits per heavy atom. The minimum atomic E-state index is -0.819. The smallest absolute Gasteiger partial charge is 0.324 e. The quantitative estimate of drug-likeness (QED) is 0.738. The van der Waals surface area contributed by atoms with Crippen molar-refractivity contribution in [2.24, 2.45) is 0 Å². The molecule has 0 bridgehead atoms. The Hall–Kier alpha value is -1.10. The first-order valence-corrected chi connectivity index (χ1v) is 6.36. The number of nitrogens with zero attached hydrogens (tertiary/aromatic N) is 1. The largest absolute Gasteiger partial charge is 0.480 e. The van der Waals surface area contributed by atoms with Gasteiger partial charge >= 0.3 is 5.97 Å². The number of rotatable bonds is 5. The molecular weight excluding hydrogens is 220 g/mol. The summed E-state index contributed by atoms with van der Waals surface area (Å²) in [6.07, 6.45) is 4.18. The molecule has 2 N–H and O–H groups in total. The van der Waals surface area contributed by atoms with Crippen LogP contribution in [0, 0.1) is 0 Å². The lowest BCUT2D eigenvalue weighted by Crippen LogP contribution is -2.53. The molecule has 0 aromatic carbocycles. The average molecular weight is 240 g/mol. The molecule has 1 aliphatic heterocycles. The second-order valence-electron chi connectivity index (χ2n) is 5.06. The zero-order valence-corrected chi connectivity index (χ0v) is 10.2. The van der Waals surface area contributed by atoms with Crippen LogP contribution in [0.15, 0.2) is 0 Å². The first-order chi connectivity index (χ1) is 8.08. The lowest BCUT2D eigenvalue weighted by atomic mass is 9.93. The summed E-state index contributed by atoms with van der Waals surface area (Å²) in [5.41, 5.74) is -0.819. The fourth-order valence-corrected chi connectivity index (χ4v) is 2.63. The van der Waals surface area contributed by atoms with E-state index < -0.39 is 11.5 Å². The fraction of sp³-hybridized carbons (Fsp3) is 0.833. The van der Waals surface area contributed by atoms with Crippen molar-refractivity contribution in [1.29, 1.82) is 0 Å². The number of carboxylic acid groups (broad SMARTS) is 1. The van der Waals surface area contributed by atoms with E-state index >= 15 is 0 Å². The molecule has 1 saturated carbocycles. The van der Waals surface area contributed by atoms with Gasteiger partial charge in [-0.05, 0) is 38.6 Å². The maximum absolute atomic E-state index is 11.7. The molecule has 1 heterocycles. The molecule has 0 spiro atoms. The Kier molecular flexibility index (Phi) is 3.38. The van der Waals surface area contributed by atoms with Gasteiger partial charge in [0.2, 0.25) is 5.91 Å². The third kappa shape index (κ3) is 2.44. The number of amides is 1. The van der Waals surface area contributed by atoms with Gasteiger partial charge in [-0.15, -0.1) is 0 Å². The molecule has 0 radical (unpaired) electrons. The summed E-state index contributed by atoms with van der Waals surface area (Å²) in [5, 5.41) is 12.3. The fourth-order valence-electron chi connectivity index (χ4n) is 2.63. The van der Waals surface area contributed by atoms with E-state index in [9.17, 15) is 14.7 Å². The summed E-state index contributed by atoms with van der Waals surface area (Å²) in [6.45, 7) is 2.81. The van der Waals surface area contributed by atoms with Crippen molar-refractivity contribution in [3.63, 3.8) is 0 Å². The highest BCUT2D eigenvalue weighted by atomic mass is 16.4. The molecular formula is C12H20N2O3. The van der Waals surface area contributed by atoms with Gasteiger partial charge in [0.25, 0.3) is 0 Å². The predicted octanol–water partition coefficient (Wildman–Crippen LogP) is 0.594. The topological polar surface area (TPSA) is 69.6 Å². The third-order valence-corrected chi connectivity index (χ3v) is 3.88. The zero-order valence-electron chi connectivity index (χ0n) is 10.2. The first kappa shape index (κ1) is 12.4. The minimum Gasteiger partial charge on any atom is -0.480 e. The van der Waals surface area contributed by atoms with E-state index in [2.05, 4.69) is 5.32 Å². The lowest BCUT2D eigenvalue weighted by molar-refractivity contribution is -0.150. The highest BCUT2D eigenvalue weighted by Crippen LogP contribution is 2.32. The summed E-state index contributed by atoms with van der Waals surface area (Å²) in [4.78, 5) is 25.0. The molecule has 1 unspecified atom stereocenters. The van der Waals surface area contributed by atoms with Gasteiger partial charge in [-0.25, -0.2) is 0 Å². The Bertz CT molecular complexity index is 328. The second kappa shape index (κ2) is 4.64. The van der Waals surface area contributed by atoms with Crippen LogP contribution >= 0.6 is 0 Å². The summed E-state index contributed by atoms with van der Waals surface area (Å²) >= 11 is 0. The Labute approximate surface area is 101 Å². The van der Waals surface area contributed by atoms with Crippen LogP contribution in [0.5, 0.6) is 0 Å². The third-order valence-electron chi connectivity index (χ3n) is 3.88. The SMILES string of the molecule is CCC1(C(=O)O)CCCN1CC(=O)NC1CC1. The van der Waals surface area contributed by atoms with Crippen LogP contribution in [0.1, 0.15) is 39.0 Å². The molecule has 17 heavy (non-hydrogen) atoms. The lowest BCUT2D eigenvalue weighted by Gasteiger charge is -2.33. The van der Waals surface area contributed by atoms with Gasteiger partial charge in [0.05, 0.1) is 6.54 Å². The number of carboxylic acids is 1. The van der Waals surface area contributed by atoms with Gasteiger partial charge in [-0.3, -0.25) is 14.5 Å². The monoisotopic (exact) mass is 240 g/mol. The van der Waals surface area contributed by atoms with Crippen molar-refractivity contribution < 1.29 is 14.7 Å². The number of aliphatic carboxylic acids is 1. The molecule has 5 nitrogen and oxygen atoms in total. The van der Waals surface area contributed by atoms with Crippen LogP contribution in [-0.4, -0.2) is 46.6 Å². The number of hydrogen-bond donors (Lipinski definition) is 2. The molecule has 0 aromatic rings. The van der Waals surface area contributed by atoms with Gasteiger partial charge in [-0.2, -0.15) is 0 Å². The van der Waals surface area contributed by atoms with E-state index in [4.69, 9.17) is 0 Å². The number of hydrogen-bond acceptors (Lipinski definition) is 3. The summed E-state index contributed by atoms with van der Waals surface area (Å²) in [5.74, 6) is -0.829. The number of nitrogens with one attached hydrogen (secondary N) is 1. The van der Waals surface area contributed by atoms with Crippen molar-refractivity contribution in [3.8, 4) is 0 Å². The van der Waals surface area contributed by atoms with Crippen LogP contribution in [0.25, 0.3) is 0 Å². The molecule has 1 amide bonds. The van der Waals surface area contributed by atoms with E-state index in [-0.39, 0.29) is 12.5 Å². The van der Waals surface area contributed by atoms with E-state index in [1.165, 1.54) is 0 Å². The van der Waals surface area contributed by atoms with Crippen molar-refractivity contribution >= 4 is 11.9 Å². The first-order valence-electron chi connectivity index (χ1n) is 6.36. The van der Waals surface area contributed by atoms with E-state index in [0.29, 0.717) is 25.4 Å². The number of carbonyl (C=O) groups is 2. The molecule has 5 heteroatoms.